The lowest BCUT2D eigenvalue weighted by atomic mass is 10.1. The number of aryl methyl sites for hydroxylation is 1. The van der Waals surface area contributed by atoms with Crippen LogP contribution in [0.4, 0.5) is 5.69 Å². The third-order valence-electron chi connectivity index (χ3n) is 4.69. The van der Waals surface area contributed by atoms with Crippen LogP contribution in [-0.2, 0) is 25.1 Å². The van der Waals surface area contributed by atoms with Crippen molar-refractivity contribution in [3.05, 3.63) is 104 Å². The van der Waals surface area contributed by atoms with E-state index in [1.54, 1.807) is 35.2 Å². The van der Waals surface area contributed by atoms with Crippen LogP contribution in [0.2, 0.25) is 0 Å². The van der Waals surface area contributed by atoms with E-state index in [-0.39, 0.29) is 10.6 Å². The summed E-state index contributed by atoms with van der Waals surface area (Å²) >= 11 is 3.33. The highest BCUT2D eigenvalue weighted by Crippen LogP contribution is 2.25. The van der Waals surface area contributed by atoms with Gasteiger partial charge in [0.1, 0.15) is 5.82 Å². The Morgan fingerprint density at radius 3 is 2.47 bits per heavy atom. The third-order valence-corrected chi connectivity index (χ3v) is 6.60. The monoisotopic (exact) mass is 436 g/mol. The van der Waals surface area contributed by atoms with Crippen LogP contribution in [0.3, 0.4) is 0 Å². The summed E-state index contributed by atoms with van der Waals surface area (Å²) in [5.41, 5.74) is 2.40. The van der Waals surface area contributed by atoms with Crippen LogP contribution in [0.5, 0.6) is 0 Å². The van der Waals surface area contributed by atoms with Crippen molar-refractivity contribution in [3.63, 3.8) is 0 Å². The van der Waals surface area contributed by atoms with Gasteiger partial charge < -0.3 is 4.57 Å². The van der Waals surface area contributed by atoms with E-state index in [9.17, 15) is 10.1 Å². The van der Waals surface area contributed by atoms with E-state index in [2.05, 4.69) is 56.5 Å². The Labute approximate surface area is 182 Å². The fourth-order valence-corrected chi connectivity index (χ4v) is 4.74. The molecule has 0 amide bonds. The average molecular weight is 437 g/mol. The van der Waals surface area contributed by atoms with Crippen LogP contribution in [-0.4, -0.2) is 19.7 Å². The van der Waals surface area contributed by atoms with E-state index in [1.807, 2.05) is 6.07 Å². The number of hydrogen-bond acceptors (Lipinski definition) is 6. The Morgan fingerprint density at radius 2 is 1.77 bits per heavy atom. The molecule has 0 N–H and O–H groups in total. The molecule has 0 atom stereocenters. The summed E-state index contributed by atoms with van der Waals surface area (Å²) in [4.78, 5) is 11.7. The first-order chi connectivity index (χ1) is 14.7. The summed E-state index contributed by atoms with van der Waals surface area (Å²) < 4.78 is 2.20. The summed E-state index contributed by atoms with van der Waals surface area (Å²) in [6, 6.07) is 21.2. The third kappa shape index (κ3) is 5.14. The fourth-order valence-electron chi connectivity index (χ4n) is 3.10. The molecule has 2 heterocycles. The number of rotatable bonds is 9. The summed E-state index contributed by atoms with van der Waals surface area (Å²) in [6.45, 7) is 0.806. The molecule has 0 bridgehead atoms. The molecule has 0 spiro atoms. The highest BCUT2D eigenvalue weighted by Gasteiger charge is 2.14. The van der Waals surface area contributed by atoms with Gasteiger partial charge in [-0.15, -0.1) is 21.5 Å². The Balaban J connectivity index is 1.50. The number of nitro groups is 1. The van der Waals surface area contributed by atoms with Crippen molar-refractivity contribution < 1.29 is 4.92 Å². The average Bonchev–Trinajstić information content (AvgIpc) is 3.42. The van der Waals surface area contributed by atoms with Crippen molar-refractivity contribution in [2.45, 2.75) is 30.3 Å². The van der Waals surface area contributed by atoms with E-state index in [0.29, 0.717) is 5.75 Å². The van der Waals surface area contributed by atoms with Crippen LogP contribution in [0.15, 0.2) is 77.3 Å². The van der Waals surface area contributed by atoms with Gasteiger partial charge in [-0.05, 0) is 29.0 Å². The van der Waals surface area contributed by atoms with Gasteiger partial charge >= 0.3 is 0 Å². The molecule has 4 rings (SSSR count). The minimum Gasteiger partial charge on any atom is -0.305 e. The molecule has 2 aromatic carbocycles. The van der Waals surface area contributed by atoms with Crippen LogP contribution >= 0.6 is 23.1 Å². The fraction of sp³-hybridized carbons (Fsp3) is 0.182. The van der Waals surface area contributed by atoms with Gasteiger partial charge in [-0.1, -0.05) is 60.3 Å². The van der Waals surface area contributed by atoms with E-state index in [1.165, 1.54) is 22.6 Å². The zero-order chi connectivity index (χ0) is 20.8. The molecule has 2 aromatic heterocycles. The summed E-state index contributed by atoms with van der Waals surface area (Å²) in [5, 5.41) is 22.7. The largest absolute Gasteiger partial charge is 0.305 e. The van der Waals surface area contributed by atoms with Crippen LogP contribution < -0.4 is 0 Å². The molecule has 30 heavy (non-hydrogen) atoms. The van der Waals surface area contributed by atoms with E-state index < -0.39 is 0 Å². The smallest absolute Gasteiger partial charge is 0.269 e. The minimum absolute atomic E-state index is 0.105. The van der Waals surface area contributed by atoms with Gasteiger partial charge in [0.15, 0.2) is 5.16 Å². The first kappa shape index (κ1) is 20.3. The Kier molecular flexibility index (Phi) is 6.56. The second kappa shape index (κ2) is 9.69. The molecule has 0 radical (unpaired) electrons. The number of aromatic nitrogens is 3. The molecule has 0 saturated heterocycles. The number of thioether (sulfide) groups is 1. The van der Waals surface area contributed by atoms with Crippen LogP contribution in [0.25, 0.3) is 0 Å². The quantitative estimate of drug-likeness (QED) is 0.200. The molecule has 0 fully saturated rings. The molecule has 6 nitrogen and oxygen atoms in total. The molecular formula is C22H20N4O2S2. The van der Waals surface area contributed by atoms with Gasteiger partial charge in [0.25, 0.3) is 5.69 Å². The Morgan fingerprint density at radius 1 is 0.967 bits per heavy atom. The second-order valence-electron chi connectivity index (χ2n) is 6.75. The van der Waals surface area contributed by atoms with Gasteiger partial charge in [-0.3, -0.25) is 10.1 Å². The van der Waals surface area contributed by atoms with Crippen LogP contribution in [0.1, 0.15) is 21.8 Å². The number of benzene rings is 2. The maximum absolute atomic E-state index is 10.8. The van der Waals surface area contributed by atoms with E-state index >= 15 is 0 Å². The molecule has 0 unspecified atom stereocenters. The normalized spacial score (nSPS) is 10.9. The summed E-state index contributed by atoms with van der Waals surface area (Å²) in [6.07, 6.45) is 1.67. The number of non-ortho nitro benzene ring substituents is 1. The van der Waals surface area contributed by atoms with Crippen molar-refractivity contribution in [3.8, 4) is 0 Å². The van der Waals surface area contributed by atoms with Crippen molar-refractivity contribution in [1.82, 2.24) is 14.8 Å². The summed E-state index contributed by atoms with van der Waals surface area (Å²) in [5.74, 6) is 1.64. The van der Waals surface area contributed by atoms with Crippen molar-refractivity contribution in [2.24, 2.45) is 0 Å². The number of nitro benzene ring substituents is 1. The Bertz CT molecular complexity index is 1090. The van der Waals surface area contributed by atoms with Crippen molar-refractivity contribution in [2.75, 3.05) is 0 Å². The first-order valence-electron chi connectivity index (χ1n) is 9.53. The lowest BCUT2D eigenvalue weighted by Crippen LogP contribution is -2.08. The number of thiophene rings is 1. The molecule has 4 aromatic rings. The predicted octanol–water partition coefficient (Wildman–Crippen LogP) is 5.37. The first-order valence-corrected chi connectivity index (χ1v) is 11.4. The van der Waals surface area contributed by atoms with E-state index in [0.717, 1.165) is 35.9 Å². The second-order valence-corrected chi connectivity index (χ2v) is 8.73. The highest BCUT2D eigenvalue weighted by atomic mass is 32.2. The minimum atomic E-state index is -0.381. The van der Waals surface area contributed by atoms with Crippen LogP contribution in [0, 0.1) is 10.1 Å². The zero-order valence-corrected chi connectivity index (χ0v) is 17.8. The van der Waals surface area contributed by atoms with Gasteiger partial charge in [0.2, 0.25) is 0 Å². The maximum Gasteiger partial charge on any atom is 0.269 e. The molecule has 0 aliphatic carbocycles. The molecular weight excluding hydrogens is 416 g/mol. The van der Waals surface area contributed by atoms with Gasteiger partial charge in [0, 0.05) is 35.7 Å². The lowest BCUT2D eigenvalue weighted by Gasteiger charge is -2.10. The SMILES string of the molecule is O=[N+]([O-])c1ccc(CSc2nnc(Cc3cccs3)n2CCc2ccccc2)cc1. The van der Waals surface area contributed by atoms with Gasteiger partial charge in [-0.25, -0.2) is 0 Å². The number of nitrogens with zero attached hydrogens (tertiary/aromatic N) is 4. The zero-order valence-electron chi connectivity index (χ0n) is 16.2. The van der Waals surface area contributed by atoms with Gasteiger partial charge in [-0.2, -0.15) is 0 Å². The highest BCUT2D eigenvalue weighted by molar-refractivity contribution is 7.98. The molecule has 152 valence electrons. The maximum atomic E-state index is 10.8. The molecule has 0 aliphatic rings. The van der Waals surface area contributed by atoms with Crippen molar-refractivity contribution in [1.29, 1.82) is 0 Å². The van der Waals surface area contributed by atoms with E-state index in [4.69, 9.17) is 0 Å². The Hall–Kier alpha value is -2.97. The molecule has 8 heteroatoms. The standard InChI is InChI=1S/C22H20N4O2S2/c27-26(28)19-10-8-18(9-11-19)16-30-22-24-23-21(15-20-7-4-14-29-20)25(22)13-12-17-5-2-1-3-6-17/h1-11,14H,12-13,15-16H2. The molecule has 0 aliphatic heterocycles. The molecule has 0 saturated carbocycles. The summed E-state index contributed by atoms with van der Waals surface area (Å²) in [7, 11) is 0. The topological polar surface area (TPSA) is 73.8 Å². The number of hydrogen-bond donors (Lipinski definition) is 0. The predicted molar refractivity (Wildman–Crippen MR) is 120 cm³/mol. The van der Waals surface area contributed by atoms with Crippen molar-refractivity contribution >= 4 is 28.8 Å². The van der Waals surface area contributed by atoms with Gasteiger partial charge in [0.05, 0.1) is 4.92 Å². The lowest BCUT2D eigenvalue weighted by molar-refractivity contribution is -0.384.